The molecule has 0 unspecified atom stereocenters. The monoisotopic (exact) mass is 285 g/mol. The molecule has 0 amide bonds. The first-order valence-corrected chi connectivity index (χ1v) is 6.37. The van der Waals surface area contributed by atoms with Gasteiger partial charge in [0.15, 0.2) is 5.76 Å². The third-order valence-corrected chi connectivity index (χ3v) is 3.08. The Balaban J connectivity index is 2.12. The van der Waals surface area contributed by atoms with Gasteiger partial charge in [0.25, 0.3) is 5.22 Å². The van der Waals surface area contributed by atoms with Gasteiger partial charge in [0.1, 0.15) is 17.2 Å². The van der Waals surface area contributed by atoms with Crippen molar-refractivity contribution in [3.63, 3.8) is 0 Å². The van der Waals surface area contributed by atoms with Crippen LogP contribution < -0.4 is 0 Å². The van der Waals surface area contributed by atoms with Crippen LogP contribution in [0.1, 0.15) is 0 Å². The lowest BCUT2D eigenvalue weighted by molar-refractivity contribution is 0.467. The second-order valence-electron chi connectivity index (χ2n) is 4.27. The highest BCUT2D eigenvalue weighted by Gasteiger charge is 2.15. The van der Waals surface area contributed by atoms with Crippen molar-refractivity contribution in [3.8, 4) is 34.1 Å². The van der Waals surface area contributed by atoms with Gasteiger partial charge >= 0.3 is 0 Å². The minimum absolute atomic E-state index is 0.186. The number of phenols is 2. The number of rotatable bonds is 2. The van der Waals surface area contributed by atoms with Crippen LogP contribution in [-0.2, 0) is 0 Å². The smallest absolute Gasteiger partial charge is 0.253 e. The molecule has 1 heterocycles. The largest absolute Gasteiger partial charge is 0.508 e. The molecular formula is C15H11NO3S. The summed E-state index contributed by atoms with van der Waals surface area (Å²) in [4.78, 5) is 4.26. The summed E-state index contributed by atoms with van der Waals surface area (Å²) in [6.45, 7) is 0. The lowest BCUT2D eigenvalue weighted by Crippen LogP contribution is -1.82. The van der Waals surface area contributed by atoms with Gasteiger partial charge in [-0.1, -0.05) is 12.6 Å². The van der Waals surface area contributed by atoms with Crippen LogP contribution in [0.5, 0.6) is 11.5 Å². The molecule has 20 heavy (non-hydrogen) atoms. The van der Waals surface area contributed by atoms with E-state index in [9.17, 15) is 10.2 Å². The molecule has 5 heteroatoms. The fourth-order valence-corrected chi connectivity index (χ4v) is 2.12. The number of benzene rings is 2. The summed E-state index contributed by atoms with van der Waals surface area (Å²) in [6, 6.07) is 13.3. The fourth-order valence-electron chi connectivity index (χ4n) is 1.93. The van der Waals surface area contributed by atoms with Crippen molar-refractivity contribution in [1.29, 1.82) is 0 Å². The Labute approximate surface area is 120 Å². The summed E-state index contributed by atoms with van der Waals surface area (Å²) in [7, 11) is 0. The molecule has 0 radical (unpaired) electrons. The fraction of sp³-hybridized carbons (Fsp3) is 0. The number of hydrogen-bond donors (Lipinski definition) is 3. The maximum atomic E-state index is 9.34. The molecule has 0 saturated heterocycles. The first kappa shape index (κ1) is 12.6. The molecule has 0 bridgehead atoms. The third kappa shape index (κ3) is 2.35. The molecule has 0 aliphatic heterocycles. The molecule has 0 spiro atoms. The first-order chi connectivity index (χ1) is 9.63. The highest BCUT2D eigenvalue weighted by atomic mass is 32.1. The lowest BCUT2D eigenvalue weighted by Gasteiger charge is -2.02. The molecule has 100 valence electrons. The van der Waals surface area contributed by atoms with Gasteiger partial charge in [-0.2, -0.15) is 0 Å². The van der Waals surface area contributed by atoms with Crippen molar-refractivity contribution < 1.29 is 14.6 Å². The van der Waals surface area contributed by atoms with Crippen molar-refractivity contribution >= 4 is 12.6 Å². The van der Waals surface area contributed by atoms with Crippen molar-refractivity contribution in [1.82, 2.24) is 4.98 Å². The normalized spacial score (nSPS) is 10.7. The van der Waals surface area contributed by atoms with Gasteiger partial charge in [-0.25, -0.2) is 4.98 Å². The lowest BCUT2D eigenvalue weighted by atomic mass is 10.1. The number of aromatic hydroxyl groups is 2. The Morgan fingerprint density at radius 3 is 1.85 bits per heavy atom. The molecular weight excluding hydrogens is 274 g/mol. The van der Waals surface area contributed by atoms with E-state index in [1.54, 1.807) is 48.5 Å². The van der Waals surface area contributed by atoms with E-state index in [1.165, 1.54) is 0 Å². The first-order valence-electron chi connectivity index (χ1n) is 5.92. The second kappa shape index (κ2) is 4.94. The van der Waals surface area contributed by atoms with Crippen molar-refractivity contribution in [2.75, 3.05) is 0 Å². The Kier molecular flexibility index (Phi) is 3.12. The summed E-state index contributed by atoms with van der Waals surface area (Å²) < 4.78 is 5.53. The average molecular weight is 285 g/mol. The van der Waals surface area contributed by atoms with E-state index in [0.717, 1.165) is 11.1 Å². The summed E-state index contributed by atoms with van der Waals surface area (Å²) in [5.74, 6) is 0.945. The number of thiol groups is 1. The van der Waals surface area contributed by atoms with E-state index < -0.39 is 0 Å². The topological polar surface area (TPSA) is 66.5 Å². The van der Waals surface area contributed by atoms with Crippen LogP contribution in [-0.4, -0.2) is 15.2 Å². The maximum absolute atomic E-state index is 9.34. The molecule has 3 rings (SSSR count). The molecule has 0 aliphatic carbocycles. The summed E-state index contributed by atoms with van der Waals surface area (Å²) in [6.07, 6.45) is 0. The number of aromatic nitrogens is 1. The molecule has 2 N–H and O–H groups in total. The molecule has 4 nitrogen and oxygen atoms in total. The predicted molar refractivity (Wildman–Crippen MR) is 78.0 cm³/mol. The SMILES string of the molecule is Oc1ccc(-c2nc(S)oc2-c2ccc(O)cc2)cc1. The molecule has 0 fully saturated rings. The maximum Gasteiger partial charge on any atom is 0.253 e. The molecule has 0 atom stereocenters. The van der Waals surface area contributed by atoms with Crippen LogP contribution >= 0.6 is 12.6 Å². The van der Waals surface area contributed by atoms with Crippen LogP contribution in [0.25, 0.3) is 22.6 Å². The van der Waals surface area contributed by atoms with E-state index in [2.05, 4.69) is 17.6 Å². The van der Waals surface area contributed by atoms with Gasteiger partial charge in [0.05, 0.1) is 0 Å². The van der Waals surface area contributed by atoms with Crippen LogP contribution in [0.4, 0.5) is 0 Å². The van der Waals surface area contributed by atoms with Crippen LogP contribution in [0, 0.1) is 0 Å². The Morgan fingerprint density at radius 1 is 0.800 bits per heavy atom. The zero-order valence-electron chi connectivity index (χ0n) is 10.3. The van der Waals surface area contributed by atoms with Crippen LogP contribution in [0.3, 0.4) is 0 Å². The molecule has 0 aliphatic rings. The number of phenolic OH excluding ortho intramolecular Hbond substituents is 2. The third-order valence-electron chi connectivity index (χ3n) is 2.89. The molecule has 1 aromatic heterocycles. The van der Waals surface area contributed by atoms with E-state index in [0.29, 0.717) is 11.5 Å². The van der Waals surface area contributed by atoms with E-state index in [-0.39, 0.29) is 16.7 Å². The number of oxazole rings is 1. The van der Waals surface area contributed by atoms with Gasteiger partial charge in [-0.15, -0.1) is 0 Å². The van der Waals surface area contributed by atoms with Crippen molar-refractivity contribution in [3.05, 3.63) is 48.5 Å². The standard InChI is InChI=1S/C15H11NO3S/c17-11-5-1-9(2-6-11)13-14(19-15(20)16-13)10-3-7-12(18)8-4-10/h1-8,17-18H,(H,16,20). The quantitative estimate of drug-likeness (QED) is 0.628. The zero-order chi connectivity index (χ0) is 14.1. The van der Waals surface area contributed by atoms with Crippen molar-refractivity contribution in [2.24, 2.45) is 0 Å². The average Bonchev–Trinajstić information content (AvgIpc) is 2.82. The van der Waals surface area contributed by atoms with E-state index in [4.69, 9.17) is 4.42 Å². The number of nitrogens with zero attached hydrogens (tertiary/aromatic N) is 1. The van der Waals surface area contributed by atoms with Crippen LogP contribution in [0.15, 0.2) is 58.2 Å². The van der Waals surface area contributed by atoms with E-state index >= 15 is 0 Å². The second-order valence-corrected chi connectivity index (χ2v) is 4.65. The van der Waals surface area contributed by atoms with Gasteiger partial charge in [-0.05, 0) is 48.5 Å². The van der Waals surface area contributed by atoms with Gasteiger partial charge < -0.3 is 14.6 Å². The summed E-state index contributed by atoms with van der Waals surface area (Å²) in [5, 5.41) is 18.9. The van der Waals surface area contributed by atoms with Crippen molar-refractivity contribution in [2.45, 2.75) is 5.22 Å². The number of hydrogen-bond acceptors (Lipinski definition) is 5. The molecule has 2 aromatic carbocycles. The van der Waals surface area contributed by atoms with Crippen LogP contribution in [0.2, 0.25) is 0 Å². The van der Waals surface area contributed by atoms with Gasteiger partial charge in [0, 0.05) is 11.1 Å². The zero-order valence-corrected chi connectivity index (χ0v) is 11.2. The minimum atomic E-state index is 0.186. The summed E-state index contributed by atoms with van der Waals surface area (Å²) >= 11 is 4.14. The van der Waals surface area contributed by atoms with Gasteiger partial charge in [0.2, 0.25) is 0 Å². The molecule has 3 aromatic rings. The Bertz CT molecular complexity index is 670. The highest BCUT2D eigenvalue weighted by Crippen LogP contribution is 2.34. The van der Waals surface area contributed by atoms with E-state index in [1.807, 2.05) is 0 Å². The minimum Gasteiger partial charge on any atom is -0.508 e. The Morgan fingerprint density at radius 2 is 1.30 bits per heavy atom. The highest BCUT2D eigenvalue weighted by molar-refractivity contribution is 7.80. The molecule has 0 saturated carbocycles. The predicted octanol–water partition coefficient (Wildman–Crippen LogP) is 3.71. The Hall–Kier alpha value is -2.40. The summed E-state index contributed by atoms with van der Waals surface area (Å²) in [5.41, 5.74) is 2.24. The van der Waals surface area contributed by atoms with Gasteiger partial charge in [-0.3, -0.25) is 0 Å².